The zero-order valence-corrected chi connectivity index (χ0v) is 18.0. The van der Waals surface area contributed by atoms with Crippen molar-refractivity contribution in [1.82, 2.24) is 20.8 Å². The average molecular weight is 414 g/mol. The summed E-state index contributed by atoms with van der Waals surface area (Å²) in [6.07, 6.45) is 2.85. The zero-order chi connectivity index (χ0) is 22.7. The fourth-order valence-electron chi connectivity index (χ4n) is 1.64. The maximum atomic E-state index is 13.3. The van der Waals surface area contributed by atoms with Gasteiger partial charge in [-0.1, -0.05) is 40.2 Å². The Morgan fingerprint density at radius 3 is 2.00 bits per heavy atom. The van der Waals surface area contributed by atoms with Gasteiger partial charge >= 0.3 is 0 Å². The molecule has 0 unspecified atom stereocenters. The largest absolute Gasteiger partial charge is 0.318 e. The number of nitrogens with zero attached hydrogens (tertiary/aromatic N) is 1. The van der Waals surface area contributed by atoms with Crippen LogP contribution in [0.15, 0.2) is 24.4 Å². The first-order valence-corrected chi connectivity index (χ1v) is 9.49. The Bertz CT molecular complexity index is 669. The Balaban J connectivity index is 0. The van der Waals surface area contributed by atoms with E-state index in [9.17, 15) is 18.4 Å². The molecule has 9 heteroatoms. The van der Waals surface area contributed by atoms with Crippen molar-refractivity contribution in [3.05, 3.63) is 47.3 Å². The second kappa shape index (κ2) is 18.7. The highest BCUT2D eigenvalue weighted by Crippen LogP contribution is 2.16. The summed E-state index contributed by atoms with van der Waals surface area (Å²) >= 11 is 0. The second-order valence-corrected chi connectivity index (χ2v) is 5.28. The third kappa shape index (κ3) is 11.7. The molecule has 7 nitrogen and oxygen atoms in total. The maximum absolute atomic E-state index is 13.3. The number of halogens is 2. The van der Waals surface area contributed by atoms with Crippen molar-refractivity contribution < 1.29 is 18.4 Å². The van der Waals surface area contributed by atoms with Gasteiger partial charge in [-0.05, 0) is 26.2 Å². The third-order valence-electron chi connectivity index (χ3n) is 2.85. The van der Waals surface area contributed by atoms with E-state index in [0.29, 0.717) is 6.29 Å². The molecule has 2 aromatic rings. The molecule has 0 fully saturated rings. The number of amides is 1. The minimum Gasteiger partial charge on any atom is -0.318 e. The topological polar surface area (TPSA) is 98.9 Å². The van der Waals surface area contributed by atoms with Crippen LogP contribution in [0, 0.1) is 11.6 Å². The van der Waals surface area contributed by atoms with Crippen molar-refractivity contribution in [2.24, 2.45) is 0 Å². The van der Waals surface area contributed by atoms with Gasteiger partial charge in [0.2, 0.25) is 0 Å². The highest BCUT2D eigenvalue weighted by molar-refractivity contribution is 6.06. The molecule has 164 valence electrons. The molecular formula is C20H33F2N5O2. The van der Waals surface area contributed by atoms with E-state index < -0.39 is 23.1 Å². The molecule has 1 heterocycles. The Morgan fingerprint density at radius 2 is 1.59 bits per heavy atom. The fourth-order valence-corrected chi connectivity index (χ4v) is 1.64. The molecular weight excluding hydrogens is 380 g/mol. The SMILES string of the molecule is CC.CCC.CNCCNC.O=Cc1[nH]ncc1NC(=O)c1c(F)cccc1F. The van der Waals surface area contributed by atoms with E-state index in [4.69, 9.17) is 0 Å². The molecule has 0 aliphatic carbocycles. The molecule has 2 rings (SSSR count). The number of likely N-dealkylation sites (N-methyl/N-ethyl adjacent to an activating group) is 2. The van der Waals surface area contributed by atoms with Gasteiger partial charge in [-0.3, -0.25) is 14.7 Å². The predicted octanol–water partition coefficient (Wildman–Crippen LogP) is 3.62. The van der Waals surface area contributed by atoms with Crippen LogP contribution in [0.3, 0.4) is 0 Å². The molecule has 0 aliphatic heterocycles. The van der Waals surface area contributed by atoms with Crippen LogP contribution in [0.25, 0.3) is 0 Å². The molecule has 0 spiro atoms. The van der Waals surface area contributed by atoms with E-state index in [1.807, 2.05) is 27.9 Å². The van der Waals surface area contributed by atoms with E-state index in [0.717, 1.165) is 31.3 Å². The van der Waals surface area contributed by atoms with Crippen LogP contribution >= 0.6 is 0 Å². The number of aldehydes is 1. The van der Waals surface area contributed by atoms with E-state index >= 15 is 0 Å². The summed E-state index contributed by atoms with van der Waals surface area (Å²) in [4.78, 5) is 22.2. The van der Waals surface area contributed by atoms with Gasteiger partial charge in [0.05, 0.1) is 11.9 Å². The number of nitrogens with one attached hydrogen (secondary N) is 4. The van der Waals surface area contributed by atoms with Gasteiger partial charge in [0, 0.05) is 13.1 Å². The van der Waals surface area contributed by atoms with Crippen molar-refractivity contribution in [2.45, 2.75) is 34.1 Å². The highest BCUT2D eigenvalue weighted by Gasteiger charge is 2.18. The molecule has 0 bridgehead atoms. The number of aromatic amines is 1. The Morgan fingerprint density at radius 1 is 1.10 bits per heavy atom. The molecule has 0 radical (unpaired) electrons. The molecule has 0 saturated carbocycles. The van der Waals surface area contributed by atoms with Crippen LogP contribution in [0.4, 0.5) is 14.5 Å². The van der Waals surface area contributed by atoms with Gasteiger partial charge in [0.25, 0.3) is 5.91 Å². The number of rotatable bonds is 6. The number of benzene rings is 1. The smallest absolute Gasteiger partial charge is 0.261 e. The number of aromatic nitrogens is 2. The number of hydrogen-bond acceptors (Lipinski definition) is 5. The lowest BCUT2D eigenvalue weighted by molar-refractivity contribution is 0.101. The molecule has 4 N–H and O–H groups in total. The fraction of sp³-hybridized carbons (Fsp3) is 0.450. The normalized spacial score (nSPS) is 8.97. The van der Waals surface area contributed by atoms with Gasteiger partial charge in [0.15, 0.2) is 6.29 Å². The lowest BCUT2D eigenvalue weighted by Crippen LogP contribution is -2.21. The molecule has 29 heavy (non-hydrogen) atoms. The summed E-state index contributed by atoms with van der Waals surface area (Å²) < 4.78 is 26.6. The van der Waals surface area contributed by atoms with Gasteiger partial charge in [0.1, 0.15) is 22.9 Å². The van der Waals surface area contributed by atoms with Crippen LogP contribution in [-0.2, 0) is 0 Å². The molecule has 0 aliphatic rings. The number of H-pyrrole nitrogens is 1. The number of hydrogen-bond donors (Lipinski definition) is 4. The zero-order valence-electron chi connectivity index (χ0n) is 18.0. The van der Waals surface area contributed by atoms with E-state index in [-0.39, 0.29) is 11.4 Å². The predicted molar refractivity (Wildman–Crippen MR) is 113 cm³/mol. The van der Waals surface area contributed by atoms with Crippen LogP contribution in [-0.4, -0.2) is 49.6 Å². The molecule has 0 atom stereocenters. The van der Waals surface area contributed by atoms with Gasteiger partial charge in [-0.25, -0.2) is 8.78 Å². The number of carbonyl (C=O) groups is 2. The van der Waals surface area contributed by atoms with E-state index in [2.05, 4.69) is 40.0 Å². The van der Waals surface area contributed by atoms with Crippen molar-refractivity contribution in [2.75, 3.05) is 32.5 Å². The molecule has 0 saturated heterocycles. The highest BCUT2D eigenvalue weighted by atomic mass is 19.1. The quantitative estimate of drug-likeness (QED) is 0.428. The molecule has 1 aromatic carbocycles. The average Bonchev–Trinajstić information content (AvgIpc) is 3.16. The Labute approximate surface area is 171 Å². The first kappa shape index (κ1) is 28.6. The van der Waals surface area contributed by atoms with Crippen LogP contribution in [0.2, 0.25) is 0 Å². The molecule has 1 aromatic heterocycles. The van der Waals surface area contributed by atoms with Gasteiger partial charge in [-0.2, -0.15) is 5.10 Å². The Hall–Kier alpha value is -2.65. The van der Waals surface area contributed by atoms with Crippen LogP contribution < -0.4 is 16.0 Å². The monoisotopic (exact) mass is 413 g/mol. The first-order chi connectivity index (χ1) is 14.0. The van der Waals surface area contributed by atoms with Crippen LogP contribution in [0.5, 0.6) is 0 Å². The maximum Gasteiger partial charge on any atom is 0.261 e. The van der Waals surface area contributed by atoms with Crippen molar-refractivity contribution >= 4 is 17.9 Å². The lowest BCUT2D eigenvalue weighted by Gasteiger charge is -2.05. The third-order valence-corrected chi connectivity index (χ3v) is 2.85. The lowest BCUT2D eigenvalue weighted by atomic mass is 10.2. The van der Waals surface area contributed by atoms with Crippen molar-refractivity contribution in [3.63, 3.8) is 0 Å². The molecule has 1 amide bonds. The summed E-state index contributed by atoms with van der Waals surface area (Å²) in [5.41, 5.74) is -0.645. The number of carbonyl (C=O) groups excluding carboxylic acids is 2. The first-order valence-electron chi connectivity index (χ1n) is 9.49. The summed E-state index contributed by atoms with van der Waals surface area (Å²) in [7, 11) is 3.88. The van der Waals surface area contributed by atoms with Gasteiger partial charge in [-0.15, -0.1) is 0 Å². The minimum atomic E-state index is -0.991. The summed E-state index contributed by atoms with van der Waals surface area (Å²) in [5, 5.41) is 14.1. The second-order valence-electron chi connectivity index (χ2n) is 5.28. The summed E-state index contributed by atoms with van der Waals surface area (Å²) in [6.45, 7) is 10.4. The van der Waals surface area contributed by atoms with E-state index in [1.165, 1.54) is 12.6 Å². The minimum absolute atomic E-state index is 0.0140. The van der Waals surface area contributed by atoms with Crippen LogP contribution in [0.1, 0.15) is 55.0 Å². The Kier molecular flexibility index (Phi) is 18.4. The van der Waals surface area contributed by atoms with Crippen molar-refractivity contribution in [3.8, 4) is 0 Å². The summed E-state index contributed by atoms with van der Waals surface area (Å²) in [5.74, 6) is -2.96. The van der Waals surface area contributed by atoms with E-state index in [1.54, 1.807) is 0 Å². The van der Waals surface area contributed by atoms with Gasteiger partial charge < -0.3 is 16.0 Å². The summed E-state index contributed by atoms with van der Waals surface area (Å²) in [6, 6.07) is 3.08. The van der Waals surface area contributed by atoms with Crippen molar-refractivity contribution in [1.29, 1.82) is 0 Å². The number of anilines is 1. The standard InChI is InChI=1S/C11H7F2N3O2.C4H12N2.C3H8.C2H6/c12-6-2-1-3-7(13)10(6)11(18)15-8-4-14-16-9(8)5-17;1-5-3-4-6-2;1-3-2;1-2/h1-5H,(H,14,16)(H,15,18);5-6H,3-4H2,1-2H3;3H2,1-2H3;1-2H3.